The predicted molar refractivity (Wildman–Crippen MR) is 67.5 cm³/mol. The van der Waals surface area contributed by atoms with Crippen molar-refractivity contribution in [1.82, 2.24) is 5.32 Å². The maximum Gasteiger partial charge on any atom is 0.387 e. The van der Waals surface area contributed by atoms with E-state index in [1.54, 1.807) is 19.1 Å². The van der Waals surface area contributed by atoms with Gasteiger partial charge < -0.3 is 10.1 Å². The van der Waals surface area contributed by atoms with Gasteiger partial charge in [-0.2, -0.15) is 8.78 Å². The fourth-order valence-corrected chi connectivity index (χ4v) is 2.12. The fraction of sp³-hybridized carbons (Fsp3) is 0.500. The van der Waals surface area contributed by atoms with Crippen LogP contribution in [0.3, 0.4) is 0 Å². The number of rotatable bonds is 5. The lowest BCUT2D eigenvalue weighted by molar-refractivity contribution is -0.0509. The first-order valence-electron chi connectivity index (χ1n) is 5.37. The lowest BCUT2D eigenvalue weighted by Crippen LogP contribution is -2.22. The van der Waals surface area contributed by atoms with Crippen LogP contribution in [0, 0.1) is 6.92 Å². The molecule has 2 nitrogen and oxygen atoms in total. The summed E-state index contributed by atoms with van der Waals surface area (Å²) >= 11 is 3.35. The molecule has 0 unspecified atom stereocenters. The first kappa shape index (κ1) is 14.4. The third-order valence-corrected chi connectivity index (χ3v) is 2.68. The monoisotopic (exact) mass is 307 g/mol. The molecule has 96 valence electrons. The Hall–Kier alpha value is -0.680. The third-order valence-electron chi connectivity index (χ3n) is 2.22. The van der Waals surface area contributed by atoms with Gasteiger partial charge in [-0.05, 0) is 24.6 Å². The number of hydrogen-bond donors (Lipinski definition) is 1. The molecule has 17 heavy (non-hydrogen) atoms. The summed E-state index contributed by atoms with van der Waals surface area (Å²) in [5.74, 6) is 0.261. The van der Waals surface area contributed by atoms with E-state index >= 15 is 0 Å². The normalized spacial score (nSPS) is 11.3. The predicted octanol–water partition coefficient (Wildman–Crippen LogP) is 3.86. The van der Waals surface area contributed by atoms with Gasteiger partial charge in [-0.25, -0.2) is 0 Å². The zero-order valence-corrected chi connectivity index (χ0v) is 11.6. The molecule has 0 aliphatic heterocycles. The topological polar surface area (TPSA) is 21.3 Å². The molecule has 0 spiro atoms. The quantitative estimate of drug-likeness (QED) is 0.892. The number of ether oxygens (including phenoxy) is 1. The molecule has 1 aromatic carbocycles. The fourth-order valence-electron chi connectivity index (χ4n) is 1.50. The number of halogens is 3. The molecule has 0 bridgehead atoms. The summed E-state index contributed by atoms with van der Waals surface area (Å²) in [5.41, 5.74) is 1.42. The van der Waals surface area contributed by atoms with Crippen molar-refractivity contribution in [2.24, 2.45) is 0 Å². The second-order valence-electron chi connectivity index (χ2n) is 4.13. The highest BCUT2D eigenvalue weighted by molar-refractivity contribution is 9.10. The van der Waals surface area contributed by atoms with Gasteiger partial charge in [0, 0.05) is 22.6 Å². The molecule has 0 heterocycles. The molecular weight excluding hydrogens is 292 g/mol. The number of nitrogens with one attached hydrogen (secondary N) is 1. The summed E-state index contributed by atoms with van der Waals surface area (Å²) in [6.07, 6.45) is 0. The van der Waals surface area contributed by atoms with Crippen LogP contribution in [0.4, 0.5) is 8.78 Å². The number of benzene rings is 1. The van der Waals surface area contributed by atoms with E-state index in [0.29, 0.717) is 12.1 Å². The summed E-state index contributed by atoms with van der Waals surface area (Å²) < 4.78 is 30.1. The lowest BCUT2D eigenvalue weighted by Gasteiger charge is -2.16. The zero-order valence-electron chi connectivity index (χ0n) is 10.1. The van der Waals surface area contributed by atoms with E-state index in [9.17, 15) is 8.78 Å². The van der Waals surface area contributed by atoms with Gasteiger partial charge in [-0.15, -0.1) is 0 Å². The first-order valence-corrected chi connectivity index (χ1v) is 6.16. The van der Waals surface area contributed by atoms with Gasteiger partial charge in [0.2, 0.25) is 0 Å². The maximum atomic E-state index is 12.3. The number of aryl methyl sites for hydroxylation is 1. The summed E-state index contributed by atoms with van der Waals surface area (Å²) in [7, 11) is 0. The zero-order chi connectivity index (χ0) is 13.0. The minimum atomic E-state index is -2.80. The molecule has 1 rings (SSSR count). The van der Waals surface area contributed by atoms with Crippen molar-refractivity contribution in [2.75, 3.05) is 0 Å². The van der Waals surface area contributed by atoms with Crippen LogP contribution < -0.4 is 10.1 Å². The van der Waals surface area contributed by atoms with Crippen LogP contribution in [0.1, 0.15) is 25.0 Å². The van der Waals surface area contributed by atoms with Gasteiger partial charge in [-0.1, -0.05) is 29.8 Å². The highest BCUT2D eigenvalue weighted by Crippen LogP contribution is 2.29. The molecule has 0 amide bonds. The van der Waals surface area contributed by atoms with Crippen LogP contribution >= 0.6 is 15.9 Å². The Kier molecular flexibility index (Phi) is 5.33. The lowest BCUT2D eigenvalue weighted by atomic mass is 10.1. The van der Waals surface area contributed by atoms with Crippen LogP contribution in [-0.2, 0) is 6.54 Å². The van der Waals surface area contributed by atoms with Crippen LogP contribution in [-0.4, -0.2) is 12.7 Å². The molecular formula is C12H16BrF2NO. The van der Waals surface area contributed by atoms with Gasteiger partial charge in [0.15, 0.2) is 0 Å². The largest absolute Gasteiger partial charge is 0.434 e. The van der Waals surface area contributed by atoms with Gasteiger partial charge >= 0.3 is 6.61 Å². The number of hydrogen-bond acceptors (Lipinski definition) is 2. The van der Waals surface area contributed by atoms with Crippen molar-refractivity contribution < 1.29 is 13.5 Å². The second-order valence-corrected chi connectivity index (χ2v) is 5.04. The van der Waals surface area contributed by atoms with E-state index < -0.39 is 6.61 Å². The van der Waals surface area contributed by atoms with E-state index in [0.717, 1.165) is 10.0 Å². The number of alkyl halides is 2. The van der Waals surface area contributed by atoms with Gasteiger partial charge in [0.05, 0.1) is 0 Å². The standard InChI is InChI=1S/C12H16BrF2NO/c1-7(2)16-6-9-5-10(13)4-8(3)11(9)17-12(14)15/h4-5,7,12,16H,6H2,1-3H3. The molecule has 0 aromatic heterocycles. The van der Waals surface area contributed by atoms with Crippen LogP contribution in [0.25, 0.3) is 0 Å². The summed E-state index contributed by atoms with van der Waals surface area (Å²) in [4.78, 5) is 0. The molecule has 0 atom stereocenters. The molecule has 1 N–H and O–H groups in total. The third kappa shape index (κ3) is 4.60. The Bertz CT molecular complexity index is 383. The van der Waals surface area contributed by atoms with Crippen molar-refractivity contribution in [3.05, 3.63) is 27.7 Å². The first-order chi connectivity index (χ1) is 7.90. The van der Waals surface area contributed by atoms with E-state index in [2.05, 4.69) is 26.0 Å². The van der Waals surface area contributed by atoms with Crippen molar-refractivity contribution in [1.29, 1.82) is 0 Å². The minimum Gasteiger partial charge on any atom is -0.434 e. The van der Waals surface area contributed by atoms with Crippen LogP contribution in [0.2, 0.25) is 0 Å². The van der Waals surface area contributed by atoms with Crippen molar-refractivity contribution in [3.63, 3.8) is 0 Å². The maximum absolute atomic E-state index is 12.3. The van der Waals surface area contributed by atoms with Crippen molar-refractivity contribution in [3.8, 4) is 5.75 Å². The smallest absolute Gasteiger partial charge is 0.387 e. The van der Waals surface area contributed by atoms with Gasteiger partial charge in [0.25, 0.3) is 0 Å². The Morgan fingerprint density at radius 1 is 1.35 bits per heavy atom. The molecule has 0 radical (unpaired) electrons. The Morgan fingerprint density at radius 3 is 2.53 bits per heavy atom. The molecule has 0 saturated heterocycles. The minimum absolute atomic E-state index is 0.261. The van der Waals surface area contributed by atoms with E-state index in [1.165, 1.54) is 0 Å². The molecule has 0 aliphatic carbocycles. The van der Waals surface area contributed by atoms with Crippen LogP contribution in [0.15, 0.2) is 16.6 Å². The molecule has 1 aromatic rings. The van der Waals surface area contributed by atoms with Crippen molar-refractivity contribution in [2.45, 2.75) is 40.0 Å². The molecule has 0 fully saturated rings. The molecule has 0 saturated carbocycles. The summed E-state index contributed by atoms with van der Waals surface area (Å²) in [6, 6.07) is 3.84. The van der Waals surface area contributed by atoms with E-state index in [-0.39, 0.29) is 11.8 Å². The Morgan fingerprint density at radius 2 is 2.00 bits per heavy atom. The average molecular weight is 308 g/mol. The van der Waals surface area contributed by atoms with Gasteiger partial charge in [-0.3, -0.25) is 0 Å². The summed E-state index contributed by atoms with van der Waals surface area (Å²) in [5, 5.41) is 3.18. The average Bonchev–Trinajstić information content (AvgIpc) is 2.18. The van der Waals surface area contributed by atoms with Crippen molar-refractivity contribution >= 4 is 15.9 Å². The Labute approximate surface area is 108 Å². The highest BCUT2D eigenvalue weighted by Gasteiger charge is 2.13. The molecule has 0 aliphatic rings. The van der Waals surface area contributed by atoms with Crippen LogP contribution in [0.5, 0.6) is 5.75 Å². The van der Waals surface area contributed by atoms with E-state index in [4.69, 9.17) is 0 Å². The van der Waals surface area contributed by atoms with Gasteiger partial charge in [0.1, 0.15) is 5.75 Å². The highest BCUT2D eigenvalue weighted by atomic mass is 79.9. The second kappa shape index (κ2) is 6.31. The van der Waals surface area contributed by atoms with E-state index in [1.807, 2.05) is 13.8 Å². The SMILES string of the molecule is Cc1cc(Br)cc(CNC(C)C)c1OC(F)F. The Balaban J connectivity index is 2.98. The summed E-state index contributed by atoms with van der Waals surface area (Å²) in [6.45, 7) is 3.45. The molecule has 5 heteroatoms.